The van der Waals surface area contributed by atoms with Gasteiger partial charge in [-0.15, -0.1) is 0 Å². The van der Waals surface area contributed by atoms with Crippen molar-refractivity contribution in [1.29, 1.82) is 0 Å². The Morgan fingerprint density at radius 2 is 1.88 bits per heavy atom. The summed E-state index contributed by atoms with van der Waals surface area (Å²) < 4.78 is 0. The molecule has 0 aliphatic heterocycles. The monoisotopic (exact) mass is 346 g/mol. The van der Waals surface area contributed by atoms with Crippen molar-refractivity contribution in [3.8, 4) is 11.4 Å². The molecule has 0 aliphatic carbocycles. The third-order valence-corrected chi connectivity index (χ3v) is 3.88. The van der Waals surface area contributed by atoms with E-state index in [9.17, 15) is 10.1 Å². The normalized spacial score (nSPS) is 10.8. The number of fused-ring (bicyclic) bond motifs is 1. The summed E-state index contributed by atoms with van der Waals surface area (Å²) in [5.74, 6) is 1.63. The third kappa shape index (κ3) is 2.95. The number of H-pyrrole nitrogens is 1. The van der Waals surface area contributed by atoms with Crippen LogP contribution in [0.25, 0.3) is 22.3 Å². The molecule has 26 heavy (non-hydrogen) atoms. The zero-order chi connectivity index (χ0) is 18.1. The van der Waals surface area contributed by atoms with Crippen LogP contribution in [0.1, 0.15) is 5.69 Å². The summed E-state index contributed by atoms with van der Waals surface area (Å²) in [6, 6.07) is 15.8. The summed E-state index contributed by atoms with van der Waals surface area (Å²) in [5.41, 5.74) is 2.20. The lowest BCUT2D eigenvalue weighted by molar-refractivity contribution is -0.384. The Hall–Kier alpha value is -3.81. The van der Waals surface area contributed by atoms with Crippen LogP contribution in [0.15, 0.2) is 54.6 Å². The molecule has 2 aromatic carbocycles. The number of aromatic amines is 1. The molecule has 0 spiro atoms. The van der Waals surface area contributed by atoms with E-state index < -0.39 is 4.92 Å². The quantitative estimate of drug-likeness (QED) is 0.427. The molecule has 0 saturated carbocycles. The molecule has 0 aliphatic rings. The highest BCUT2D eigenvalue weighted by atomic mass is 16.6. The number of benzene rings is 2. The van der Waals surface area contributed by atoms with E-state index in [-0.39, 0.29) is 5.69 Å². The van der Waals surface area contributed by atoms with Gasteiger partial charge in [-0.1, -0.05) is 30.3 Å². The summed E-state index contributed by atoms with van der Waals surface area (Å²) in [4.78, 5) is 19.8. The van der Waals surface area contributed by atoms with E-state index in [4.69, 9.17) is 0 Å². The zero-order valence-corrected chi connectivity index (χ0v) is 13.8. The lowest BCUT2D eigenvalue weighted by Gasteiger charge is -2.09. The van der Waals surface area contributed by atoms with E-state index in [2.05, 4.69) is 25.5 Å². The van der Waals surface area contributed by atoms with Crippen molar-refractivity contribution in [2.75, 3.05) is 5.32 Å². The van der Waals surface area contributed by atoms with Gasteiger partial charge in [-0.05, 0) is 13.0 Å². The molecule has 0 fully saturated rings. The number of aryl methyl sites for hydroxylation is 1. The SMILES string of the molecule is Cc1cc(Nc2nc(-c3ccccc3)nc3cc([N+](=O)[O-])ccc23)n[nH]1. The van der Waals surface area contributed by atoms with Crippen molar-refractivity contribution in [3.05, 3.63) is 70.4 Å². The van der Waals surface area contributed by atoms with Gasteiger partial charge >= 0.3 is 0 Å². The first-order valence-corrected chi connectivity index (χ1v) is 7.91. The first-order chi connectivity index (χ1) is 12.6. The standard InChI is InChI=1S/C18H14N6O2/c1-11-9-16(23-22-11)20-18-14-8-7-13(24(25)26)10-15(14)19-17(21-18)12-5-3-2-4-6-12/h2-10H,1H3,(H2,19,20,21,22,23). The molecule has 2 aromatic heterocycles. The van der Waals surface area contributed by atoms with Crippen LogP contribution in [0.5, 0.6) is 0 Å². The number of hydrogen-bond acceptors (Lipinski definition) is 6. The van der Waals surface area contributed by atoms with Gasteiger partial charge in [0, 0.05) is 34.8 Å². The number of nitro benzene ring substituents is 1. The minimum atomic E-state index is -0.437. The minimum absolute atomic E-state index is 0.0169. The molecule has 0 saturated heterocycles. The van der Waals surface area contributed by atoms with Gasteiger partial charge in [-0.3, -0.25) is 15.2 Å². The van der Waals surface area contributed by atoms with Crippen LogP contribution < -0.4 is 5.32 Å². The van der Waals surface area contributed by atoms with Crippen LogP contribution in [-0.2, 0) is 0 Å². The Labute approximate surface area is 148 Å². The number of nitro groups is 1. The smallest absolute Gasteiger partial charge is 0.271 e. The fourth-order valence-corrected chi connectivity index (χ4v) is 2.65. The molecule has 0 unspecified atom stereocenters. The van der Waals surface area contributed by atoms with Gasteiger partial charge < -0.3 is 5.32 Å². The van der Waals surface area contributed by atoms with E-state index in [0.29, 0.717) is 28.4 Å². The van der Waals surface area contributed by atoms with Crippen molar-refractivity contribution in [1.82, 2.24) is 20.2 Å². The van der Waals surface area contributed by atoms with Crippen LogP contribution in [0.4, 0.5) is 17.3 Å². The number of nitrogens with zero attached hydrogens (tertiary/aromatic N) is 4. The van der Waals surface area contributed by atoms with E-state index in [1.165, 1.54) is 12.1 Å². The Morgan fingerprint density at radius 1 is 1.08 bits per heavy atom. The van der Waals surface area contributed by atoms with Crippen LogP contribution in [0, 0.1) is 17.0 Å². The van der Waals surface area contributed by atoms with Crippen molar-refractivity contribution in [3.63, 3.8) is 0 Å². The molecule has 0 radical (unpaired) electrons. The average molecular weight is 346 g/mol. The highest BCUT2D eigenvalue weighted by Gasteiger charge is 2.14. The molecule has 128 valence electrons. The van der Waals surface area contributed by atoms with Gasteiger partial charge in [0.1, 0.15) is 5.82 Å². The van der Waals surface area contributed by atoms with Crippen LogP contribution in [0.2, 0.25) is 0 Å². The van der Waals surface area contributed by atoms with E-state index in [0.717, 1.165) is 11.3 Å². The maximum absolute atomic E-state index is 11.1. The van der Waals surface area contributed by atoms with Gasteiger partial charge in [-0.2, -0.15) is 5.10 Å². The Kier molecular flexibility index (Phi) is 3.77. The first-order valence-electron chi connectivity index (χ1n) is 7.91. The van der Waals surface area contributed by atoms with Crippen LogP contribution in [-0.4, -0.2) is 25.1 Å². The highest BCUT2D eigenvalue weighted by Crippen LogP contribution is 2.29. The predicted molar refractivity (Wildman–Crippen MR) is 98.2 cm³/mol. The van der Waals surface area contributed by atoms with E-state index in [1.807, 2.05) is 43.3 Å². The van der Waals surface area contributed by atoms with Gasteiger partial charge in [0.25, 0.3) is 5.69 Å². The number of aromatic nitrogens is 4. The van der Waals surface area contributed by atoms with Gasteiger partial charge in [0.15, 0.2) is 11.6 Å². The Bertz CT molecular complexity index is 1110. The summed E-state index contributed by atoms with van der Waals surface area (Å²) in [5, 5.41) is 22.0. The summed E-state index contributed by atoms with van der Waals surface area (Å²) in [6.45, 7) is 1.90. The van der Waals surface area contributed by atoms with E-state index >= 15 is 0 Å². The molecular formula is C18H14N6O2. The molecule has 4 aromatic rings. The number of anilines is 2. The highest BCUT2D eigenvalue weighted by molar-refractivity contribution is 5.93. The van der Waals surface area contributed by atoms with Crippen molar-refractivity contribution in [2.45, 2.75) is 6.92 Å². The maximum Gasteiger partial charge on any atom is 0.271 e. The topological polar surface area (TPSA) is 110 Å². The van der Waals surface area contributed by atoms with Gasteiger partial charge in [0.2, 0.25) is 0 Å². The third-order valence-electron chi connectivity index (χ3n) is 3.88. The molecular weight excluding hydrogens is 332 g/mol. The fraction of sp³-hybridized carbons (Fsp3) is 0.0556. The summed E-state index contributed by atoms with van der Waals surface area (Å²) >= 11 is 0. The number of rotatable bonds is 4. The first kappa shape index (κ1) is 15.7. The summed E-state index contributed by atoms with van der Waals surface area (Å²) in [6.07, 6.45) is 0. The van der Waals surface area contributed by atoms with Crippen molar-refractivity contribution < 1.29 is 4.92 Å². The maximum atomic E-state index is 11.1. The Balaban J connectivity index is 1.90. The van der Waals surface area contributed by atoms with Crippen molar-refractivity contribution >= 4 is 28.2 Å². The van der Waals surface area contributed by atoms with Gasteiger partial charge in [0.05, 0.1) is 10.4 Å². The Morgan fingerprint density at radius 3 is 2.58 bits per heavy atom. The average Bonchev–Trinajstić information content (AvgIpc) is 3.06. The second-order valence-electron chi connectivity index (χ2n) is 5.78. The molecule has 8 nitrogen and oxygen atoms in total. The fourth-order valence-electron chi connectivity index (χ4n) is 2.65. The van der Waals surface area contributed by atoms with Crippen LogP contribution in [0.3, 0.4) is 0 Å². The largest absolute Gasteiger partial charge is 0.323 e. The molecule has 4 rings (SSSR count). The lowest BCUT2D eigenvalue weighted by Crippen LogP contribution is -2.00. The molecule has 8 heteroatoms. The second-order valence-corrected chi connectivity index (χ2v) is 5.78. The molecule has 2 heterocycles. The lowest BCUT2D eigenvalue weighted by atomic mass is 10.1. The van der Waals surface area contributed by atoms with Crippen molar-refractivity contribution in [2.24, 2.45) is 0 Å². The molecule has 2 N–H and O–H groups in total. The number of nitrogens with one attached hydrogen (secondary N) is 2. The summed E-state index contributed by atoms with van der Waals surface area (Å²) in [7, 11) is 0. The zero-order valence-electron chi connectivity index (χ0n) is 13.8. The van der Waals surface area contributed by atoms with E-state index in [1.54, 1.807) is 6.07 Å². The van der Waals surface area contributed by atoms with Crippen LogP contribution >= 0.6 is 0 Å². The minimum Gasteiger partial charge on any atom is -0.323 e. The second kappa shape index (κ2) is 6.25. The number of non-ortho nitro benzene ring substituents is 1. The number of hydrogen-bond donors (Lipinski definition) is 2. The molecule has 0 bridgehead atoms. The van der Waals surface area contributed by atoms with Gasteiger partial charge in [-0.25, -0.2) is 9.97 Å². The predicted octanol–water partition coefficient (Wildman–Crippen LogP) is 3.98. The molecule has 0 amide bonds. The molecule has 0 atom stereocenters.